The summed E-state index contributed by atoms with van der Waals surface area (Å²) in [6, 6.07) is 20.3. The van der Waals surface area contributed by atoms with Crippen molar-refractivity contribution in [1.29, 1.82) is 0 Å². The van der Waals surface area contributed by atoms with Crippen LogP contribution in [0.3, 0.4) is 0 Å². The molecule has 1 heterocycles. The Bertz CT molecular complexity index is 832. The van der Waals surface area contributed by atoms with Gasteiger partial charge in [0.1, 0.15) is 5.75 Å². The number of aryl methyl sites for hydroxylation is 1. The first-order valence-electron chi connectivity index (χ1n) is 7.84. The molecule has 1 aromatic heterocycles. The number of nitrogens with one attached hydrogen (secondary N) is 1. The van der Waals surface area contributed by atoms with Gasteiger partial charge in [-0.15, -0.1) is 0 Å². The molecule has 0 spiro atoms. The number of ether oxygens (including phenoxy) is 1. The van der Waals surface area contributed by atoms with Crippen LogP contribution < -0.4 is 10.1 Å². The average molecular weight is 318 g/mol. The molecule has 1 N–H and O–H groups in total. The fourth-order valence-electron chi connectivity index (χ4n) is 2.37. The van der Waals surface area contributed by atoms with Gasteiger partial charge in [0.15, 0.2) is 0 Å². The Kier molecular flexibility index (Phi) is 4.87. The number of pyridine rings is 1. The highest BCUT2D eigenvalue weighted by atomic mass is 16.5. The van der Waals surface area contributed by atoms with Crippen molar-refractivity contribution in [3.63, 3.8) is 0 Å². The summed E-state index contributed by atoms with van der Waals surface area (Å²) in [4.78, 5) is 16.6. The predicted octanol–water partition coefficient (Wildman–Crippen LogP) is 4.69. The molecule has 24 heavy (non-hydrogen) atoms. The zero-order valence-electron chi connectivity index (χ0n) is 13.4. The summed E-state index contributed by atoms with van der Waals surface area (Å²) >= 11 is 0. The van der Waals surface area contributed by atoms with Crippen molar-refractivity contribution in [1.82, 2.24) is 4.98 Å². The minimum Gasteiger partial charge on any atom is -0.439 e. The topological polar surface area (TPSA) is 51.2 Å². The number of hydrogen-bond donors (Lipinski definition) is 1. The average Bonchev–Trinajstić information content (AvgIpc) is 2.63. The molecule has 0 saturated carbocycles. The number of hydrogen-bond acceptors (Lipinski definition) is 3. The van der Waals surface area contributed by atoms with E-state index in [2.05, 4.69) is 17.2 Å². The van der Waals surface area contributed by atoms with Crippen molar-refractivity contribution >= 4 is 11.6 Å². The maximum atomic E-state index is 12.5. The lowest BCUT2D eigenvalue weighted by molar-refractivity contribution is 0.102. The molecule has 0 aliphatic carbocycles. The molecular formula is C20H18N2O2. The van der Waals surface area contributed by atoms with E-state index in [9.17, 15) is 4.79 Å². The minimum atomic E-state index is -0.164. The number of anilines is 1. The zero-order chi connectivity index (χ0) is 16.8. The summed E-state index contributed by atoms with van der Waals surface area (Å²) in [5.74, 6) is 0.902. The van der Waals surface area contributed by atoms with Crippen LogP contribution in [0.4, 0.5) is 5.69 Å². The minimum absolute atomic E-state index is 0.164. The first-order valence-corrected chi connectivity index (χ1v) is 7.84. The SMILES string of the molecule is CCc1ccccc1NC(=O)c1cccc(Oc2ccccn2)c1. The van der Waals surface area contributed by atoms with Gasteiger partial charge in [-0.3, -0.25) is 4.79 Å². The van der Waals surface area contributed by atoms with Crippen molar-refractivity contribution in [2.45, 2.75) is 13.3 Å². The molecule has 0 aliphatic rings. The van der Waals surface area contributed by atoms with Crippen LogP contribution in [0.25, 0.3) is 0 Å². The molecule has 0 bridgehead atoms. The molecular weight excluding hydrogens is 300 g/mol. The number of carbonyl (C=O) groups is 1. The Morgan fingerprint density at radius 2 is 1.88 bits per heavy atom. The summed E-state index contributed by atoms with van der Waals surface area (Å²) in [6.45, 7) is 2.06. The number of para-hydroxylation sites is 1. The van der Waals surface area contributed by atoms with E-state index < -0.39 is 0 Å². The molecule has 2 aromatic carbocycles. The van der Waals surface area contributed by atoms with Crippen molar-refractivity contribution in [2.75, 3.05) is 5.32 Å². The van der Waals surface area contributed by atoms with Crippen LogP contribution in [0.1, 0.15) is 22.8 Å². The molecule has 0 fully saturated rings. The van der Waals surface area contributed by atoms with E-state index >= 15 is 0 Å². The van der Waals surface area contributed by atoms with E-state index in [1.165, 1.54) is 0 Å². The van der Waals surface area contributed by atoms with Gasteiger partial charge in [-0.1, -0.05) is 37.3 Å². The zero-order valence-corrected chi connectivity index (χ0v) is 13.4. The molecule has 3 aromatic rings. The second kappa shape index (κ2) is 7.42. The van der Waals surface area contributed by atoms with Gasteiger partial charge in [-0.05, 0) is 42.3 Å². The largest absolute Gasteiger partial charge is 0.439 e. The van der Waals surface area contributed by atoms with E-state index in [1.807, 2.05) is 36.4 Å². The Labute approximate surface area is 141 Å². The van der Waals surface area contributed by atoms with Crippen molar-refractivity contribution in [2.24, 2.45) is 0 Å². The second-order valence-corrected chi connectivity index (χ2v) is 5.26. The van der Waals surface area contributed by atoms with Crippen molar-refractivity contribution < 1.29 is 9.53 Å². The van der Waals surface area contributed by atoms with Crippen LogP contribution in [0.15, 0.2) is 72.9 Å². The summed E-state index contributed by atoms with van der Waals surface area (Å²) < 4.78 is 5.67. The standard InChI is InChI=1S/C20H18N2O2/c1-2-15-8-3-4-11-18(15)22-20(23)16-9-7-10-17(14-16)24-19-12-5-6-13-21-19/h3-14H,2H2,1H3,(H,22,23). The molecule has 3 rings (SSSR count). The number of rotatable bonds is 5. The lowest BCUT2D eigenvalue weighted by Crippen LogP contribution is -2.13. The van der Waals surface area contributed by atoms with Gasteiger partial charge in [-0.2, -0.15) is 0 Å². The second-order valence-electron chi connectivity index (χ2n) is 5.26. The normalized spacial score (nSPS) is 10.2. The number of carbonyl (C=O) groups excluding carboxylic acids is 1. The highest BCUT2D eigenvalue weighted by molar-refractivity contribution is 6.04. The summed E-state index contributed by atoms with van der Waals surface area (Å²) in [7, 11) is 0. The third-order valence-corrected chi connectivity index (χ3v) is 3.60. The molecule has 0 atom stereocenters. The summed E-state index contributed by atoms with van der Waals surface area (Å²) in [6.07, 6.45) is 2.52. The maximum absolute atomic E-state index is 12.5. The number of amides is 1. The molecule has 120 valence electrons. The third kappa shape index (κ3) is 3.79. The molecule has 1 amide bonds. The van der Waals surface area contributed by atoms with Crippen LogP contribution in [0.5, 0.6) is 11.6 Å². The lowest BCUT2D eigenvalue weighted by atomic mass is 10.1. The first-order chi connectivity index (χ1) is 11.8. The molecule has 0 aliphatic heterocycles. The van der Waals surface area contributed by atoms with Gasteiger partial charge in [0, 0.05) is 23.5 Å². The Morgan fingerprint density at radius 3 is 2.67 bits per heavy atom. The summed E-state index contributed by atoms with van der Waals surface area (Å²) in [5.41, 5.74) is 2.47. The van der Waals surface area contributed by atoms with E-state index in [-0.39, 0.29) is 5.91 Å². The Morgan fingerprint density at radius 1 is 1.04 bits per heavy atom. The van der Waals surface area contributed by atoms with Gasteiger partial charge < -0.3 is 10.1 Å². The highest BCUT2D eigenvalue weighted by Gasteiger charge is 2.09. The lowest BCUT2D eigenvalue weighted by Gasteiger charge is -2.10. The number of benzene rings is 2. The van der Waals surface area contributed by atoms with Crippen molar-refractivity contribution in [3.8, 4) is 11.6 Å². The fraction of sp³-hybridized carbons (Fsp3) is 0.100. The van der Waals surface area contributed by atoms with Crippen molar-refractivity contribution in [3.05, 3.63) is 84.1 Å². The predicted molar refractivity (Wildman–Crippen MR) is 94.5 cm³/mol. The van der Waals surface area contributed by atoms with Crippen LogP contribution in [0, 0.1) is 0 Å². The third-order valence-electron chi connectivity index (χ3n) is 3.60. The maximum Gasteiger partial charge on any atom is 0.255 e. The van der Waals surface area contributed by atoms with Gasteiger partial charge >= 0.3 is 0 Å². The van der Waals surface area contributed by atoms with Gasteiger partial charge in [-0.25, -0.2) is 4.98 Å². The molecule has 0 unspecified atom stereocenters. The van der Waals surface area contributed by atoms with Gasteiger partial charge in [0.25, 0.3) is 5.91 Å². The highest BCUT2D eigenvalue weighted by Crippen LogP contribution is 2.21. The van der Waals surface area contributed by atoms with Crippen LogP contribution in [-0.2, 0) is 6.42 Å². The smallest absolute Gasteiger partial charge is 0.255 e. The number of aromatic nitrogens is 1. The Hall–Kier alpha value is -3.14. The van der Waals surface area contributed by atoms with E-state index in [4.69, 9.17) is 4.74 Å². The van der Waals surface area contributed by atoms with E-state index in [0.717, 1.165) is 17.7 Å². The van der Waals surface area contributed by atoms with E-state index in [1.54, 1.807) is 36.5 Å². The summed E-state index contributed by atoms with van der Waals surface area (Å²) in [5, 5.41) is 2.96. The van der Waals surface area contributed by atoms with E-state index in [0.29, 0.717) is 17.2 Å². The molecule has 4 heteroatoms. The monoisotopic (exact) mass is 318 g/mol. The fourth-order valence-corrected chi connectivity index (χ4v) is 2.37. The van der Waals surface area contributed by atoms with Gasteiger partial charge in [0.2, 0.25) is 5.88 Å². The quantitative estimate of drug-likeness (QED) is 0.742. The first kappa shape index (κ1) is 15.7. The number of nitrogens with zero attached hydrogens (tertiary/aromatic N) is 1. The van der Waals surface area contributed by atoms with Gasteiger partial charge in [0.05, 0.1) is 0 Å². The van der Waals surface area contributed by atoms with Crippen LogP contribution in [0.2, 0.25) is 0 Å². The van der Waals surface area contributed by atoms with Crippen LogP contribution >= 0.6 is 0 Å². The molecule has 0 radical (unpaired) electrons. The van der Waals surface area contributed by atoms with Crippen LogP contribution in [-0.4, -0.2) is 10.9 Å². The Balaban J connectivity index is 1.77. The molecule has 4 nitrogen and oxygen atoms in total. The molecule has 0 saturated heterocycles.